The summed E-state index contributed by atoms with van der Waals surface area (Å²) in [5.41, 5.74) is 8.42. The molecule has 0 spiro atoms. The Bertz CT molecular complexity index is 818. The summed E-state index contributed by atoms with van der Waals surface area (Å²) < 4.78 is 5.11. The molecule has 0 saturated heterocycles. The molecule has 2 aromatic carbocycles. The highest BCUT2D eigenvalue weighted by Crippen LogP contribution is 2.25. The minimum Gasteiger partial charge on any atom is -0.495 e. The Morgan fingerprint density at radius 3 is 2.39 bits per heavy atom. The number of nitrogens with one attached hydrogen (secondary N) is 2. The lowest BCUT2D eigenvalue weighted by molar-refractivity contribution is -0.124. The van der Waals surface area contributed by atoms with Gasteiger partial charge in [0.25, 0.3) is 5.91 Å². The van der Waals surface area contributed by atoms with Crippen LogP contribution in [0, 0.1) is 5.92 Å². The standard InChI is InChI=1S/C21H25N3O3.ClH/c1-27-19-11-10-17(12-18(19)22)24-21(26)16-8-6-14(7-9-16)13-23-20(25)15-4-2-3-5-15;/h6-12,15H,2-5,13,22H2,1H3,(H,23,25)(H,24,26);1H. The normalized spacial score (nSPS) is 13.5. The maximum atomic E-state index is 12.4. The van der Waals surface area contributed by atoms with E-state index < -0.39 is 0 Å². The molecule has 3 rings (SSSR count). The van der Waals surface area contributed by atoms with Crippen LogP contribution in [0.5, 0.6) is 5.75 Å². The van der Waals surface area contributed by atoms with Crippen LogP contribution in [-0.4, -0.2) is 18.9 Å². The fraction of sp³-hybridized carbons (Fsp3) is 0.333. The van der Waals surface area contributed by atoms with Gasteiger partial charge in [-0.1, -0.05) is 25.0 Å². The van der Waals surface area contributed by atoms with Gasteiger partial charge in [-0.15, -0.1) is 12.4 Å². The fourth-order valence-electron chi connectivity index (χ4n) is 3.31. The number of nitrogen functional groups attached to an aromatic ring is 1. The molecule has 2 aromatic rings. The molecule has 1 aliphatic carbocycles. The molecule has 0 atom stereocenters. The molecule has 1 aliphatic rings. The minimum absolute atomic E-state index is 0. The summed E-state index contributed by atoms with van der Waals surface area (Å²) in [5.74, 6) is 0.636. The zero-order valence-corrected chi connectivity index (χ0v) is 16.7. The molecule has 1 saturated carbocycles. The molecule has 0 unspecified atom stereocenters. The number of anilines is 2. The van der Waals surface area contributed by atoms with Crippen molar-refractivity contribution in [3.63, 3.8) is 0 Å². The van der Waals surface area contributed by atoms with Gasteiger partial charge in [0.05, 0.1) is 12.8 Å². The van der Waals surface area contributed by atoms with E-state index in [2.05, 4.69) is 10.6 Å². The predicted octanol–water partition coefficient (Wildman–Crippen LogP) is 3.76. The molecule has 6 nitrogen and oxygen atoms in total. The average Bonchev–Trinajstić information content (AvgIpc) is 3.21. The summed E-state index contributed by atoms with van der Waals surface area (Å²) in [5, 5.41) is 5.79. The van der Waals surface area contributed by atoms with Crippen LogP contribution in [0.4, 0.5) is 11.4 Å². The molecule has 0 radical (unpaired) electrons. The first-order chi connectivity index (χ1) is 13.1. The molecule has 150 valence electrons. The van der Waals surface area contributed by atoms with Crippen LogP contribution < -0.4 is 21.1 Å². The number of nitrogens with two attached hydrogens (primary N) is 1. The van der Waals surface area contributed by atoms with Gasteiger partial charge in [0, 0.05) is 23.7 Å². The van der Waals surface area contributed by atoms with Gasteiger partial charge < -0.3 is 21.1 Å². The third kappa shape index (κ3) is 5.39. The Balaban J connectivity index is 0.00000280. The Hall–Kier alpha value is -2.73. The third-order valence-corrected chi connectivity index (χ3v) is 4.90. The lowest BCUT2D eigenvalue weighted by atomic mass is 10.1. The van der Waals surface area contributed by atoms with Gasteiger partial charge in [0.2, 0.25) is 5.91 Å². The lowest BCUT2D eigenvalue weighted by Crippen LogP contribution is -2.28. The van der Waals surface area contributed by atoms with Crippen LogP contribution in [-0.2, 0) is 11.3 Å². The summed E-state index contributed by atoms with van der Waals surface area (Å²) in [6.07, 6.45) is 4.26. The van der Waals surface area contributed by atoms with Crippen molar-refractivity contribution in [1.29, 1.82) is 0 Å². The molecular formula is C21H26ClN3O3. The van der Waals surface area contributed by atoms with Gasteiger partial charge >= 0.3 is 0 Å². The van der Waals surface area contributed by atoms with Crippen molar-refractivity contribution in [3.8, 4) is 5.75 Å². The fourth-order valence-corrected chi connectivity index (χ4v) is 3.31. The van der Waals surface area contributed by atoms with Gasteiger partial charge in [-0.3, -0.25) is 9.59 Å². The first-order valence-corrected chi connectivity index (χ1v) is 9.18. The number of hydrogen-bond donors (Lipinski definition) is 3. The van der Waals surface area contributed by atoms with Crippen molar-refractivity contribution < 1.29 is 14.3 Å². The molecular weight excluding hydrogens is 378 g/mol. The highest BCUT2D eigenvalue weighted by Gasteiger charge is 2.22. The van der Waals surface area contributed by atoms with Crippen molar-refractivity contribution in [2.24, 2.45) is 5.92 Å². The van der Waals surface area contributed by atoms with E-state index in [1.54, 1.807) is 37.4 Å². The molecule has 4 N–H and O–H groups in total. The summed E-state index contributed by atoms with van der Waals surface area (Å²) in [4.78, 5) is 24.5. The van der Waals surface area contributed by atoms with Gasteiger partial charge in [-0.05, 0) is 48.7 Å². The lowest BCUT2D eigenvalue weighted by Gasteiger charge is -2.11. The van der Waals surface area contributed by atoms with Gasteiger partial charge in [0.1, 0.15) is 5.75 Å². The average molecular weight is 404 g/mol. The largest absolute Gasteiger partial charge is 0.495 e. The number of rotatable bonds is 6. The summed E-state index contributed by atoms with van der Waals surface area (Å²) in [6.45, 7) is 0.478. The molecule has 2 amide bonds. The number of amides is 2. The van der Waals surface area contributed by atoms with E-state index in [4.69, 9.17) is 10.5 Å². The van der Waals surface area contributed by atoms with E-state index >= 15 is 0 Å². The van der Waals surface area contributed by atoms with Gasteiger partial charge in [0.15, 0.2) is 0 Å². The molecule has 0 aliphatic heterocycles. The number of ether oxygens (including phenoxy) is 1. The summed E-state index contributed by atoms with van der Waals surface area (Å²) in [7, 11) is 1.54. The van der Waals surface area contributed by atoms with Crippen molar-refractivity contribution >= 4 is 35.6 Å². The Labute approximate surface area is 171 Å². The third-order valence-electron chi connectivity index (χ3n) is 4.90. The topological polar surface area (TPSA) is 93.5 Å². The second-order valence-corrected chi connectivity index (χ2v) is 6.81. The first kappa shape index (κ1) is 21.6. The second kappa shape index (κ2) is 9.99. The second-order valence-electron chi connectivity index (χ2n) is 6.81. The van der Waals surface area contributed by atoms with Crippen LogP contribution in [0.3, 0.4) is 0 Å². The highest BCUT2D eigenvalue weighted by atomic mass is 35.5. The highest BCUT2D eigenvalue weighted by molar-refractivity contribution is 6.04. The zero-order valence-electron chi connectivity index (χ0n) is 15.9. The van der Waals surface area contributed by atoms with Crippen molar-refractivity contribution in [2.75, 3.05) is 18.2 Å². The predicted molar refractivity (Wildman–Crippen MR) is 113 cm³/mol. The Kier molecular flexibility index (Phi) is 7.70. The maximum Gasteiger partial charge on any atom is 0.255 e. The van der Waals surface area contributed by atoms with Gasteiger partial charge in [-0.25, -0.2) is 0 Å². The monoisotopic (exact) mass is 403 g/mol. The molecule has 1 fully saturated rings. The molecule has 7 heteroatoms. The molecule has 28 heavy (non-hydrogen) atoms. The quantitative estimate of drug-likeness (QED) is 0.640. The zero-order chi connectivity index (χ0) is 19.2. The van der Waals surface area contributed by atoms with Crippen LogP contribution >= 0.6 is 12.4 Å². The number of carbonyl (C=O) groups is 2. The summed E-state index contributed by atoms with van der Waals surface area (Å²) in [6, 6.07) is 12.3. The van der Waals surface area contributed by atoms with E-state index in [9.17, 15) is 9.59 Å². The van der Waals surface area contributed by atoms with Crippen molar-refractivity contribution in [3.05, 3.63) is 53.6 Å². The van der Waals surface area contributed by atoms with E-state index in [0.717, 1.165) is 31.2 Å². The van der Waals surface area contributed by atoms with E-state index in [-0.39, 0.29) is 30.1 Å². The van der Waals surface area contributed by atoms with E-state index in [1.807, 2.05) is 12.1 Å². The van der Waals surface area contributed by atoms with Crippen molar-refractivity contribution in [2.45, 2.75) is 32.2 Å². The van der Waals surface area contributed by atoms with Crippen LogP contribution in [0.2, 0.25) is 0 Å². The summed E-state index contributed by atoms with van der Waals surface area (Å²) >= 11 is 0. The number of methoxy groups -OCH3 is 1. The number of halogens is 1. The van der Waals surface area contributed by atoms with Crippen molar-refractivity contribution in [1.82, 2.24) is 5.32 Å². The molecule has 0 heterocycles. The number of hydrogen-bond acceptors (Lipinski definition) is 4. The van der Waals surface area contributed by atoms with Crippen LogP contribution in [0.1, 0.15) is 41.6 Å². The van der Waals surface area contributed by atoms with E-state index in [0.29, 0.717) is 29.2 Å². The van der Waals surface area contributed by atoms with Crippen LogP contribution in [0.15, 0.2) is 42.5 Å². The van der Waals surface area contributed by atoms with Gasteiger partial charge in [-0.2, -0.15) is 0 Å². The first-order valence-electron chi connectivity index (χ1n) is 9.18. The Morgan fingerprint density at radius 1 is 1.11 bits per heavy atom. The maximum absolute atomic E-state index is 12.4. The van der Waals surface area contributed by atoms with E-state index in [1.165, 1.54) is 0 Å². The molecule has 0 aromatic heterocycles. The smallest absolute Gasteiger partial charge is 0.255 e. The molecule has 0 bridgehead atoms. The Morgan fingerprint density at radius 2 is 1.79 bits per heavy atom. The van der Waals surface area contributed by atoms with Crippen LogP contribution in [0.25, 0.3) is 0 Å². The number of benzene rings is 2. The SMILES string of the molecule is COc1ccc(NC(=O)c2ccc(CNC(=O)C3CCCC3)cc2)cc1N.Cl. The minimum atomic E-state index is -0.221. The number of carbonyl (C=O) groups excluding carboxylic acids is 2.